The number of ether oxygens (including phenoxy) is 1. The Hall–Kier alpha value is -2.12. The third-order valence-electron chi connectivity index (χ3n) is 4.87. The van der Waals surface area contributed by atoms with E-state index in [4.69, 9.17) is 4.74 Å². The molecule has 1 unspecified atom stereocenters. The van der Waals surface area contributed by atoms with Gasteiger partial charge in [-0.05, 0) is 44.5 Å². The number of phenols is 1. The molecule has 27 heavy (non-hydrogen) atoms. The van der Waals surface area contributed by atoms with Gasteiger partial charge in [-0.3, -0.25) is 9.88 Å². The Morgan fingerprint density at radius 2 is 2.11 bits per heavy atom. The lowest BCUT2D eigenvalue weighted by Crippen LogP contribution is -2.34. The number of para-hydroxylation sites is 1. The van der Waals surface area contributed by atoms with E-state index in [2.05, 4.69) is 9.88 Å². The van der Waals surface area contributed by atoms with Crippen LogP contribution in [0.25, 0.3) is 0 Å². The Kier molecular flexibility index (Phi) is 6.01. The Morgan fingerprint density at radius 1 is 1.30 bits per heavy atom. The standard InChI is InChI=1S/C20H26N2O4S/c1-3-26-17-9-4-7-16(20(17)23)14-22-12-6-8-15(13-22)19-18(27(2,24)25)10-5-11-21-19/h4-5,7,9-11,15,23H,3,6,8,12-14H2,1-2H3. The number of hydrogen-bond donors (Lipinski definition) is 1. The van der Waals surface area contributed by atoms with E-state index in [9.17, 15) is 13.5 Å². The topological polar surface area (TPSA) is 79.7 Å². The number of benzene rings is 1. The zero-order valence-corrected chi connectivity index (χ0v) is 16.6. The first-order valence-electron chi connectivity index (χ1n) is 9.21. The molecule has 0 aliphatic carbocycles. The molecule has 1 atom stereocenters. The largest absolute Gasteiger partial charge is 0.504 e. The summed E-state index contributed by atoms with van der Waals surface area (Å²) in [5.74, 6) is 0.727. The maximum atomic E-state index is 12.1. The molecular weight excluding hydrogens is 364 g/mol. The average Bonchev–Trinajstić information content (AvgIpc) is 2.65. The summed E-state index contributed by atoms with van der Waals surface area (Å²) in [6, 6.07) is 8.82. The minimum absolute atomic E-state index is 0.0573. The molecule has 146 valence electrons. The van der Waals surface area contributed by atoms with Crippen LogP contribution in [0.15, 0.2) is 41.4 Å². The number of sulfone groups is 1. The van der Waals surface area contributed by atoms with Gasteiger partial charge in [-0.25, -0.2) is 8.42 Å². The molecule has 0 radical (unpaired) electrons. The van der Waals surface area contributed by atoms with Crippen molar-refractivity contribution in [2.45, 2.75) is 37.1 Å². The lowest BCUT2D eigenvalue weighted by atomic mass is 9.94. The molecule has 0 amide bonds. The minimum Gasteiger partial charge on any atom is -0.504 e. The van der Waals surface area contributed by atoms with Gasteiger partial charge in [0.05, 0.1) is 17.2 Å². The van der Waals surface area contributed by atoms with Crippen LogP contribution in [-0.4, -0.2) is 49.4 Å². The van der Waals surface area contributed by atoms with Crippen LogP contribution in [0.1, 0.15) is 36.9 Å². The van der Waals surface area contributed by atoms with Crippen LogP contribution in [-0.2, 0) is 16.4 Å². The summed E-state index contributed by atoms with van der Waals surface area (Å²) in [4.78, 5) is 6.94. The molecule has 2 aromatic rings. The summed E-state index contributed by atoms with van der Waals surface area (Å²) in [7, 11) is -3.32. The van der Waals surface area contributed by atoms with E-state index >= 15 is 0 Å². The van der Waals surface area contributed by atoms with Crippen molar-refractivity contribution in [3.05, 3.63) is 47.8 Å². The van der Waals surface area contributed by atoms with E-state index in [1.165, 1.54) is 6.26 Å². The molecule has 1 aromatic heterocycles. The zero-order chi connectivity index (χ0) is 19.4. The zero-order valence-electron chi connectivity index (χ0n) is 15.8. The van der Waals surface area contributed by atoms with Crippen LogP contribution in [0.5, 0.6) is 11.5 Å². The fraction of sp³-hybridized carbons (Fsp3) is 0.450. The first kappa shape index (κ1) is 19.6. The molecule has 6 nitrogen and oxygen atoms in total. The average molecular weight is 391 g/mol. The molecule has 2 heterocycles. The Morgan fingerprint density at radius 3 is 2.85 bits per heavy atom. The summed E-state index contributed by atoms with van der Waals surface area (Å²) >= 11 is 0. The number of pyridine rings is 1. The lowest BCUT2D eigenvalue weighted by Gasteiger charge is -2.33. The number of phenolic OH excluding ortho intramolecular Hbond substituents is 1. The smallest absolute Gasteiger partial charge is 0.177 e. The van der Waals surface area contributed by atoms with Crippen molar-refractivity contribution in [2.75, 3.05) is 26.0 Å². The van der Waals surface area contributed by atoms with Gasteiger partial charge < -0.3 is 9.84 Å². The summed E-state index contributed by atoms with van der Waals surface area (Å²) in [5, 5.41) is 10.4. The van der Waals surface area contributed by atoms with Crippen LogP contribution in [0.3, 0.4) is 0 Å². The summed E-state index contributed by atoms with van der Waals surface area (Å²) in [5.41, 5.74) is 1.46. The van der Waals surface area contributed by atoms with Crippen molar-refractivity contribution in [2.24, 2.45) is 0 Å². The molecule has 1 N–H and O–H groups in total. The van der Waals surface area contributed by atoms with Crippen molar-refractivity contribution < 1.29 is 18.3 Å². The Balaban J connectivity index is 1.79. The fourth-order valence-corrected chi connectivity index (χ4v) is 4.58. The summed E-state index contributed by atoms with van der Waals surface area (Å²) < 4.78 is 29.7. The molecule has 1 saturated heterocycles. The van der Waals surface area contributed by atoms with Gasteiger partial charge in [0.1, 0.15) is 0 Å². The molecule has 1 aliphatic rings. The Bertz CT molecular complexity index is 899. The van der Waals surface area contributed by atoms with Crippen LogP contribution >= 0.6 is 0 Å². The lowest BCUT2D eigenvalue weighted by molar-refractivity contribution is 0.194. The van der Waals surface area contributed by atoms with E-state index in [-0.39, 0.29) is 11.7 Å². The second kappa shape index (κ2) is 8.27. The number of aromatic nitrogens is 1. The molecule has 3 rings (SSSR count). The molecule has 1 aromatic carbocycles. The van der Waals surface area contributed by atoms with Gasteiger partial charge in [-0.15, -0.1) is 0 Å². The van der Waals surface area contributed by atoms with Crippen molar-refractivity contribution in [1.29, 1.82) is 0 Å². The van der Waals surface area contributed by atoms with Crippen LogP contribution in [0.4, 0.5) is 0 Å². The molecule has 1 aliphatic heterocycles. The molecule has 0 bridgehead atoms. The summed E-state index contributed by atoms with van der Waals surface area (Å²) in [6.07, 6.45) is 4.74. The van der Waals surface area contributed by atoms with Gasteiger partial charge in [0.25, 0.3) is 0 Å². The summed E-state index contributed by atoms with van der Waals surface area (Å²) in [6.45, 7) is 4.57. The highest BCUT2D eigenvalue weighted by Gasteiger charge is 2.27. The maximum Gasteiger partial charge on any atom is 0.177 e. The normalized spacial score (nSPS) is 18.4. The van der Waals surface area contributed by atoms with Gasteiger partial charge in [0.15, 0.2) is 21.3 Å². The molecule has 7 heteroatoms. The predicted molar refractivity (Wildman–Crippen MR) is 104 cm³/mol. The number of aromatic hydroxyl groups is 1. The van der Waals surface area contributed by atoms with Crippen LogP contribution in [0.2, 0.25) is 0 Å². The van der Waals surface area contributed by atoms with Crippen molar-refractivity contribution in [3.63, 3.8) is 0 Å². The molecule has 0 spiro atoms. The van der Waals surface area contributed by atoms with Gasteiger partial charge in [0, 0.05) is 37.0 Å². The van der Waals surface area contributed by atoms with Crippen LogP contribution < -0.4 is 4.74 Å². The highest BCUT2D eigenvalue weighted by atomic mass is 32.2. The monoisotopic (exact) mass is 390 g/mol. The first-order chi connectivity index (χ1) is 12.9. The van der Waals surface area contributed by atoms with E-state index < -0.39 is 9.84 Å². The number of piperidine rings is 1. The van der Waals surface area contributed by atoms with Gasteiger partial charge in [0.2, 0.25) is 0 Å². The van der Waals surface area contributed by atoms with Gasteiger partial charge >= 0.3 is 0 Å². The van der Waals surface area contributed by atoms with Crippen molar-refractivity contribution in [3.8, 4) is 11.5 Å². The quantitative estimate of drug-likeness (QED) is 0.817. The SMILES string of the molecule is CCOc1cccc(CN2CCCC(c3ncccc3S(C)(=O)=O)C2)c1O. The second-order valence-electron chi connectivity index (χ2n) is 6.93. The number of hydrogen-bond acceptors (Lipinski definition) is 6. The van der Waals surface area contributed by atoms with Gasteiger partial charge in [-0.1, -0.05) is 12.1 Å². The van der Waals surface area contributed by atoms with E-state index in [0.717, 1.165) is 24.9 Å². The fourth-order valence-electron chi connectivity index (χ4n) is 3.65. The number of nitrogens with zero attached hydrogens (tertiary/aromatic N) is 2. The second-order valence-corrected chi connectivity index (χ2v) is 8.91. The molecule has 0 saturated carbocycles. The van der Waals surface area contributed by atoms with E-state index in [0.29, 0.717) is 36.0 Å². The number of likely N-dealkylation sites (tertiary alicyclic amines) is 1. The van der Waals surface area contributed by atoms with E-state index in [1.807, 2.05) is 19.1 Å². The van der Waals surface area contributed by atoms with Gasteiger partial charge in [-0.2, -0.15) is 0 Å². The highest BCUT2D eigenvalue weighted by molar-refractivity contribution is 7.90. The van der Waals surface area contributed by atoms with Crippen LogP contribution in [0, 0.1) is 0 Å². The first-order valence-corrected chi connectivity index (χ1v) is 11.1. The third kappa shape index (κ3) is 4.59. The minimum atomic E-state index is -3.32. The molecule has 1 fully saturated rings. The maximum absolute atomic E-state index is 12.1. The van der Waals surface area contributed by atoms with Crippen molar-refractivity contribution in [1.82, 2.24) is 9.88 Å². The Labute approximate surface area is 160 Å². The van der Waals surface area contributed by atoms with E-state index in [1.54, 1.807) is 24.4 Å². The molecular formula is C20H26N2O4S. The third-order valence-corrected chi connectivity index (χ3v) is 6.01. The highest BCUT2D eigenvalue weighted by Crippen LogP contribution is 2.34. The predicted octanol–water partition coefficient (Wildman–Crippen LogP) is 2.97. The van der Waals surface area contributed by atoms with Crippen molar-refractivity contribution >= 4 is 9.84 Å². The number of rotatable bonds is 6.